The topological polar surface area (TPSA) is 26.0 Å². The quantitative estimate of drug-likeness (QED) is 0.797. The first-order valence-electron chi connectivity index (χ1n) is 4.64. The van der Waals surface area contributed by atoms with Crippen molar-refractivity contribution < 1.29 is 0 Å². The van der Waals surface area contributed by atoms with Crippen LogP contribution in [0.4, 0.5) is 0 Å². The van der Waals surface area contributed by atoms with Gasteiger partial charge in [0, 0.05) is 11.4 Å². The van der Waals surface area contributed by atoms with E-state index in [1.54, 1.807) is 11.3 Å². The van der Waals surface area contributed by atoms with Crippen molar-refractivity contribution in [3.05, 3.63) is 46.2 Å². The molecule has 1 heterocycles. The Labute approximate surface area is 88.2 Å². The second kappa shape index (κ2) is 3.95. The Morgan fingerprint density at radius 2 is 2.07 bits per heavy atom. The summed E-state index contributed by atoms with van der Waals surface area (Å²) in [6, 6.07) is 10.6. The number of thiophene rings is 1. The molecule has 0 fully saturated rings. The maximum absolute atomic E-state index is 5.60. The summed E-state index contributed by atoms with van der Waals surface area (Å²) < 4.78 is 0. The molecule has 0 bridgehead atoms. The van der Waals surface area contributed by atoms with E-state index in [1.165, 1.54) is 21.6 Å². The molecule has 1 nitrogen and oxygen atoms in total. The minimum absolute atomic E-state index is 0.608. The van der Waals surface area contributed by atoms with E-state index >= 15 is 0 Å². The highest BCUT2D eigenvalue weighted by molar-refractivity contribution is 7.10. The molecule has 72 valence electrons. The Morgan fingerprint density at radius 1 is 1.21 bits per heavy atom. The van der Waals surface area contributed by atoms with Crippen molar-refractivity contribution >= 4 is 11.3 Å². The minimum Gasteiger partial charge on any atom is -0.326 e. The molecule has 0 saturated heterocycles. The summed E-state index contributed by atoms with van der Waals surface area (Å²) in [5.74, 6) is 0. The highest BCUT2D eigenvalue weighted by Crippen LogP contribution is 2.25. The van der Waals surface area contributed by atoms with Crippen LogP contribution in [0.1, 0.15) is 10.4 Å². The van der Waals surface area contributed by atoms with E-state index in [9.17, 15) is 0 Å². The lowest BCUT2D eigenvalue weighted by Crippen LogP contribution is -1.95. The van der Waals surface area contributed by atoms with Gasteiger partial charge in [0.05, 0.1) is 0 Å². The van der Waals surface area contributed by atoms with Gasteiger partial charge in [0.25, 0.3) is 0 Å². The summed E-state index contributed by atoms with van der Waals surface area (Å²) in [6.07, 6.45) is 0. The first kappa shape index (κ1) is 9.44. The fraction of sp³-hybridized carbons (Fsp3) is 0.167. The first-order chi connectivity index (χ1) is 6.79. The lowest BCUT2D eigenvalue weighted by molar-refractivity contribution is 1.07. The predicted octanol–water partition coefficient (Wildman–Crippen LogP) is 3.18. The van der Waals surface area contributed by atoms with Gasteiger partial charge in [-0.2, -0.15) is 0 Å². The van der Waals surface area contributed by atoms with Crippen molar-refractivity contribution in [2.75, 3.05) is 0 Å². The van der Waals surface area contributed by atoms with Gasteiger partial charge in [0.1, 0.15) is 0 Å². The van der Waals surface area contributed by atoms with Gasteiger partial charge in [0.2, 0.25) is 0 Å². The molecule has 1 aromatic heterocycles. The summed E-state index contributed by atoms with van der Waals surface area (Å²) in [6.45, 7) is 2.73. The van der Waals surface area contributed by atoms with Crippen molar-refractivity contribution in [2.24, 2.45) is 5.73 Å². The van der Waals surface area contributed by atoms with Gasteiger partial charge < -0.3 is 5.73 Å². The van der Waals surface area contributed by atoms with Gasteiger partial charge >= 0.3 is 0 Å². The van der Waals surface area contributed by atoms with E-state index in [4.69, 9.17) is 5.73 Å². The zero-order valence-corrected chi connectivity index (χ0v) is 8.97. The van der Waals surface area contributed by atoms with Crippen molar-refractivity contribution in [2.45, 2.75) is 13.5 Å². The second-order valence-electron chi connectivity index (χ2n) is 3.35. The van der Waals surface area contributed by atoms with Crippen molar-refractivity contribution in [1.29, 1.82) is 0 Å². The Kier molecular flexibility index (Phi) is 2.66. The first-order valence-corrected chi connectivity index (χ1v) is 5.52. The largest absolute Gasteiger partial charge is 0.326 e. The second-order valence-corrected chi connectivity index (χ2v) is 4.47. The molecule has 0 amide bonds. The molecule has 0 aliphatic rings. The average molecular weight is 203 g/mol. The molecular weight excluding hydrogens is 190 g/mol. The SMILES string of the molecule is Cc1cc(-c2cccc(CN)c2)cs1. The molecule has 0 unspecified atom stereocenters. The molecule has 2 heteroatoms. The number of hydrogen-bond donors (Lipinski definition) is 1. The van der Waals surface area contributed by atoms with Crippen LogP contribution in [0.15, 0.2) is 35.7 Å². The zero-order chi connectivity index (χ0) is 9.97. The van der Waals surface area contributed by atoms with Gasteiger partial charge in [-0.1, -0.05) is 18.2 Å². The van der Waals surface area contributed by atoms with Gasteiger partial charge in [-0.25, -0.2) is 0 Å². The maximum atomic E-state index is 5.60. The van der Waals surface area contributed by atoms with E-state index in [2.05, 4.69) is 42.6 Å². The van der Waals surface area contributed by atoms with Crippen LogP contribution in [-0.4, -0.2) is 0 Å². The van der Waals surface area contributed by atoms with Crippen molar-refractivity contribution in [1.82, 2.24) is 0 Å². The molecule has 0 aliphatic carbocycles. The minimum atomic E-state index is 0.608. The standard InChI is InChI=1S/C12H13NS/c1-9-5-12(8-14-9)11-4-2-3-10(6-11)7-13/h2-6,8H,7,13H2,1H3. The normalized spacial score (nSPS) is 10.4. The van der Waals surface area contributed by atoms with Crippen molar-refractivity contribution in [3.8, 4) is 11.1 Å². The Morgan fingerprint density at radius 3 is 2.71 bits per heavy atom. The van der Waals surface area contributed by atoms with Crippen LogP contribution in [0.25, 0.3) is 11.1 Å². The lowest BCUT2D eigenvalue weighted by Gasteiger charge is -2.00. The highest BCUT2D eigenvalue weighted by atomic mass is 32.1. The lowest BCUT2D eigenvalue weighted by atomic mass is 10.1. The fourth-order valence-corrected chi connectivity index (χ4v) is 2.18. The molecule has 14 heavy (non-hydrogen) atoms. The van der Waals surface area contributed by atoms with Crippen molar-refractivity contribution in [3.63, 3.8) is 0 Å². The summed E-state index contributed by atoms with van der Waals surface area (Å²) in [5, 5.41) is 2.19. The van der Waals surface area contributed by atoms with Crippen LogP contribution in [0.5, 0.6) is 0 Å². The van der Waals surface area contributed by atoms with E-state index in [0.717, 1.165) is 0 Å². The highest BCUT2D eigenvalue weighted by Gasteiger charge is 2.00. The molecule has 2 rings (SSSR count). The van der Waals surface area contributed by atoms with Gasteiger partial charge in [0.15, 0.2) is 0 Å². The molecule has 0 radical (unpaired) electrons. The van der Waals surface area contributed by atoms with Crippen LogP contribution in [0.3, 0.4) is 0 Å². The van der Waals surface area contributed by atoms with E-state index in [-0.39, 0.29) is 0 Å². The number of benzene rings is 1. The van der Waals surface area contributed by atoms with Gasteiger partial charge in [-0.05, 0) is 41.1 Å². The van der Waals surface area contributed by atoms with Crippen LogP contribution in [-0.2, 0) is 6.54 Å². The summed E-state index contributed by atoms with van der Waals surface area (Å²) in [7, 11) is 0. The third-order valence-electron chi connectivity index (χ3n) is 2.23. The van der Waals surface area contributed by atoms with E-state index < -0.39 is 0 Å². The number of aryl methyl sites for hydroxylation is 1. The van der Waals surface area contributed by atoms with Crippen LogP contribution < -0.4 is 5.73 Å². The molecule has 0 saturated carbocycles. The molecule has 0 aliphatic heterocycles. The smallest absolute Gasteiger partial charge is 0.0178 e. The summed E-state index contributed by atoms with van der Waals surface area (Å²) in [4.78, 5) is 1.35. The molecular formula is C12H13NS. The fourth-order valence-electron chi connectivity index (χ4n) is 1.47. The summed E-state index contributed by atoms with van der Waals surface area (Å²) >= 11 is 1.78. The third kappa shape index (κ3) is 1.86. The van der Waals surface area contributed by atoms with Crippen LogP contribution >= 0.6 is 11.3 Å². The van der Waals surface area contributed by atoms with E-state index in [1.807, 2.05) is 0 Å². The number of hydrogen-bond acceptors (Lipinski definition) is 2. The average Bonchev–Trinajstić information content (AvgIpc) is 2.65. The third-order valence-corrected chi connectivity index (χ3v) is 3.09. The Balaban J connectivity index is 2.41. The Hall–Kier alpha value is -1.12. The zero-order valence-electron chi connectivity index (χ0n) is 8.16. The number of rotatable bonds is 2. The molecule has 2 aromatic rings. The monoisotopic (exact) mass is 203 g/mol. The van der Waals surface area contributed by atoms with Crippen LogP contribution in [0.2, 0.25) is 0 Å². The molecule has 2 N–H and O–H groups in total. The number of nitrogens with two attached hydrogens (primary N) is 1. The Bertz CT molecular complexity index is 431. The van der Waals surface area contributed by atoms with Crippen LogP contribution in [0, 0.1) is 6.92 Å². The van der Waals surface area contributed by atoms with E-state index in [0.29, 0.717) is 6.54 Å². The van der Waals surface area contributed by atoms with Gasteiger partial charge in [-0.15, -0.1) is 11.3 Å². The summed E-state index contributed by atoms with van der Waals surface area (Å²) in [5.41, 5.74) is 9.35. The molecule has 1 aromatic carbocycles. The molecule has 0 atom stereocenters. The predicted molar refractivity (Wildman–Crippen MR) is 62.4 cm³/mol. The maximum Gasteiger partial charge on any atom is 0.0178 e. The molecule has 0 spiro atoms. The van der Waals surface area contributed by atoms with Gasteiger partial charge in [-0.3, -0.25) is 0 Å².